The van der Waals surface area contributed by atoms with Gasteiger partial charge in [0.05, 0.1) is 0 Å². The highest BCUT2D eigenvalue weighted by Gasteiger charge is 2.30. The topological polar surface area (TPSA) is 12.0 Å². The highest BCUT2D eigenvalue weighted by atomic mass is 19.2. The number of hydrogen-bond acceptors (Lipinski definition) is 1. The van der Waals surface area contributed by atoms with E-state index >= 15 is 0 Å². The summed E-state index contributed by atoms with van der Waals surface area (Å²) in [6.07, 6.45) is 3.30. The van der Waals surface area contributed by atoms with Gasteiger partial charge in [-0.2, -0.15) is 0 Å². The van der Waals surface area contributed by atoms with Crippen molar-refractivity contribution >= 4 is 0 Å². The minimum Gasteiger partial charge on any atom is -0.314 e. The predicted molar refractivity (Wildman–Crippen MR) is 69.4 cm³/mol. The van der Waals surface area contributed by atoms with Crippen molar-refractivity contribution in [3.63, 3.8) is 0 Å². The molecule has 1 aliphatic carbocycles. The number of rotatable bonds is 5. The molecule has 1 saturated carbocycles. The van der Waals surface area contributed by atoms with Crippen LogP contribution in [0.25, 0.3) is 0 Å². The maximum absolute atomic E-state index is 13.1. The van der Waals surface area contributed by atoms with Gasteiger partial charge < -0.3 is 5.32 Å². The van der Waals surface area contributed by atoms with Crippen molar-refractivity contribution in [1.82, 2.24) is 5.32 Å². The SMILES string of the molecule is CC(C)NCC1CCC1Cc1ccc(F)c(F)c1. The van der Waals surface area contributed by atoms with Gasteiger partial charge in [0.1, 0.15) is 0 Å². The summed E-state index contributed by atoms with van der Waals surface area (Å²) in [6, 6.07) is 4.77. The molecule has 1 nitrogen and oxygen atoms in total. The molecule has 1 fully saturated rings. The summed E-state index contributed by atoms with van der Waals surface area (Å²) in [5.74, 6) is -0.198. The Bertz CT molecular complexity index is 403. The van der Waals surface area contributed by atoms with Crippen LogP contribution in [0.15, 0.2) is 18.2 Å². The molecule has 3 heteroatoms. The fourth-order valence-corrected chi connectivity index (χ4v) is 2.53. The van der Waals surface area contributed by atoms with Crippen LogP contribution in [0.4, 0.5) is 8.78 Å². The molecular formula is C15H21F2N. The fraction of sp³-hybridized carbons (Fsp3) is 0.600. The summed E-state index contributed by atoms with van der Waals surface area (Å²) < 4.78 is 25.9. The molecule has 0 saturated heterocycles. The van der Waals surface area contributed by atoms with Gasteiger partial charge in [-0.15, -0.1) is 0 Å². The second-order valence-electron chi connectivity index (χ2n) is 5.61. The maximum Gasteiger partial charge on any atom is 0.159 e. The molecule has 0 aliphatic heterocycles. The van der Waals surface area contributed by atoms with Crippen molar-refractivity contribution in [2.45, 2.75) is 39.2 Å². The van der Waals surface area contributed by atoms with Crippen molar-refractivity contribution < 1.29 is 8.78 Å². The summed E-state index contributed by atoms with van der Waals surface area (Å²) in [4.78, 5) is 0. The van der Waals surface area contributed by atoms with Gasteiger partial charge in [0.2, 0.25) is 0 Å². The summed E-state index contributed by atoms with van der Waals surface area (Å²) in [5.41, 5.74) is 0.910. The van der Waals surface area contributed by atoms with Crippen molar-refractivity contribution in [1.29, 1.82) is 0 Å². The number of benzene rings is 1. The Morgan fingerprint density at radius 2 is 1.89 bits per heavy atom. The zero-order chi connectivity index (χ0) is 13.1. The molecule has 18 heavy (non-hydrogen) atoms. The second kappa shape index (κ2) is 5.79. The molecule has 0 amide bonds. The van der Waals surface area contributed by atoms with Crippen LogP contribution in [0.2, 0.25) is 0 Å². The molecule has 1 aromatic carbocycles. The molecule has 2 atom stereocenters. The van der Waals surface area contributed by atoms with E-state index in [4.69, 9.17) is 0 Å². The Kier molecular flexibility index (Phi) is 4.33. The van der Waals surface area contributed by atoms with E-state index in [0.29, 0.717) is 17.9 Å². The van der Waals surface area contributed by atoms with E-state index in [1.165, 1.54) is 25.0 Å². The van der Waals surface area contributed by atoms with E-state index in [1.807, 2.05) is 0 Å². The third kappa shape index (κ3) is 3.29. The molecule has 2 unspecified atom stereocenters. The molecule has 0 bridgehead atoms. The first-order valence-electron chi connectivity index (χ1n) is 6.73. The fourth-order valence-electron chi connectivity index (χ4n) is 2.53. The van der Waals surface area contributed by atoms with E-state index in [0.717, 1.165) is 18.5 Å². The Hall–Kier alpha value is -0.960. The van der Waals surface area contributed by atoms with Gasteiger partial charge in [0, 0.05) is 6.04 Å². The Labute approximate surface area is 108 Å². The van der Waals surface area contributed by atoms with Gasteiger partial charge in [-0.3, -0.25) is 0 Å². The maximum atomic E-state index is 13.1. The van der Waals surface area contributed by atoms with Crippen LogP contribution < -0.4 is 5.32 Å². The molecular weight excluding hydrogens is 232 g/mol. The Morgan fingerprint density at radius 3 is 2.44 bits per heavy atom. The molecule has 100 valence electrons. The molecule has 1 aromatic rings. The molecule has 1 aliphatic rings. The third-order valence-electron chi connectivity index (χ3n) is 3.85. The summed E-state index contributed by atoms with van der Waals surface area (Å²) in [5, 5.41) is 3.45. The van der Waals surface area contributed by atoms with Gasteiger partial charge in [0.25, 0.3) is 0 Å². The lowest BCUT2D eigenvalue weighted by Crippen LogP contribution is -2.38. The molecule has 0 spiro atoms. The highest BCUT2D eigenvalue weighted by molar-refractivity contribution is 5.19. The summed E-state index contributed by atoms with van der Waals surface area (Å²) >= 11 is 0. The van der Waals surface area contributed by atoms with E-state index in [2.05, 4.69) is 19.2 Å². The van der Waals surface area contributed by atoms with Crippen molar-refractivity contribution in [3.05, 3.63) is 35.4 Å². The lowest BCUT2D eigenvalue weighted by atomic mass is 9.70. The number of nitrogens with one attached hydrogen (secondary N) is 1. The van der Waals surface area contributed by atoms with Crippen LogP contribution in [0.1, 0.15) is 32.3 Å². The van der Waals surface area contributed by atoms with Crippen LogP contribution in [-0.4, -0.2) is 12.6 Å². The normalized spacial score (nSPS) is 23.2. The van der Waals surface area contributed by atoms with Gasteiger partial charge in [-0.25, -0.2) is 8.78 Å². The lowest BCUT2D eigenvalue weighted by molar-refractivity contribution is 0.167. The first kappa shape index (κ1) is 13.5. The summed E-state index contributed by atoms with van der Waals surface area (Å²) in [6.45, 7) is 5.32. The van der Waals surface area contributed by atoms with Crippen molar-refractivity contribution in [3.8, 4) is 0 Å². The first-order valence-corrected chi connectivity index (χ1v) is 6.73. The average molecular weight is 253 g/mol. The van der Waals surface area contributed by atoms with Gasteiger partial charge in [-0.1, -0.05) is 19.9 Å². The molecule has 0 heterocycles. The zero-order valence-electron chi connectivity index (χ0n) is 11.0. The van der Waals surface area contributed by atoms with E-state index in [1.54, 1.807) is 6.07 Å². The summed E-state index contributed by atoms with van der Waals surface area (Å²) in [7, 11) is 0. The minimum atomic E-state index is -0.759. The van der Waals surface area contributed by atoms with Gasteiger partial charge in [-0.05, 0) is 55.3 Å². The molecule has 2 rings (SSSR count). The molecule has 0 aromatic heterocycles. The van der Waals surface area contributed by atoms with Crippen molar-refractivity contribution in [2.75, 3.05) is 6.54 Å². The highest BCUT2D eigenvalue weighted by Crippen LogP contribution is 2.36. The smallest absolute Gasteiger partial charge is 0.159 e. The average Bonchev–Trinajstić information content (AvgIpc) is 2.29. The second-order valence-corrected chi connectivity index (χ2v) is 5.61. The molecule has 1 N–H and O–H groups in total. The predicted octanol–water partition coefficient (Wildman–Crippen LogP) is 3.53. The van der Waals surface area contributed by atoms with Crippen LogP contribution in [0.5, 0.6) is 0 Å². The quantitative estimate of drug-likeness (QED) is 0.846. The van der Waals surface area contributed by atoms with Gasteiger partial charge >= 0.3 is 0 Å². The Morgan fingerprint density at radius 1 is 1.17 bits per heavy atom. The Balaban J connectivity index is 1.87. The van der Waals surface area contributed by atoms with Crippen LogP contribution >= 0.6 is 0 Å². The first-order chi connectivity index (χ1) is 8.56. The largest absolute Gasteiger partial charge is 0.314 e. The molecule has 0 radical (unpaired) electrons. The van der Waals surface area contributed by atoms with Crippen LogP contribution in [-0.2, 0) is 6.42 Å². The minimum absolute atomic E-state index is 0.509. The third-order valence-corrected chi connectivity index (χ3v) is 3.85. The van der Waals surface area contributed by atoms with Gasteiger partial charge in [0.15, 0.2) is 11.6 Å². The van der Waals surface area contributed by atoms with Crippen LogP contribution in [0.3, 0.4) is 0 Å². The van der Waals surface area contributed by atoms with E-state index in [-0.39, 0.29) is 0 Å². The van der Waals surface area contributed by atoms with Crippen LogP contribution in [0, 0.1) is 23.5 Å². The van der Waals surface area contributed by atoms with E-state index in [9.17, 15) is 8.78 Å². The number of halogens is 2. The monoisotopic (exact) mass is 253 g/mol. The van der Waals surface area contributed by atoms with Crippen molar-refractivity contribution in [2.24, 2.45) is 11.8 Å². The standard InChI is InChI=1S/C15H21F2N/c1-10(2)18-9-13-5-4-12(13)7-11-3-6-14(16)15(17)8-11/h3,6,8,10,12-13,18H,4-5,7,9H2,1-2H3. The lowest BCUT2D eigenvalue weighted by Gasteiger charge is -2.37. The number of hydrogen-bond donors (Lipinski definition) is 1. The zero-order valence-corrected chi connectivity index (χ0v) is 11.0. The van der Waals surface area contributed by atoms with E-state index < -0.39 is 11.6 Å².